The van der Waals surface area contributed by atoms with Crippen molar-refractivity contribution in [3.8, 4) is 17.3 Å². The number of hydrogen-bond acceptors (Lipinski definition) is 6. The lowest BCUT2D eigenvalue weighted by molar-refractivity contribution is 0.196. The molecule has 1 atom stereocenters. The van der Waals surface area contributed by atoms with Crippen LogP contribution in [0.4, 0.5) is 4.39 Å². The summed E-state index contributed by atoms with van der Waals surface area (Å²) in [5.74, 6) is 1.49. The molecule has 1 aromatic carbocycles. The zero-order valence-corrected chi connectivity index (χ0v) is 20.5. The van der Waals surface area contributed by atoms with Crippen LogP contribution in [0.3, 0.4) is 0 Å². The molecule has 0 aliphatic heterocycles. The van der Waals surface area contributed by atoms with E-state index in [-0.39, 0.29) is 41.6 Å². The largest absolute Gasteiger partial charge is 0.485 e. The van der Waals surface area contributed by atoms with E-state index in [1.165, 1.54) is 6.07 Å². The molecule has 0 aliphatic carbocycles. The second kappa shape index (κ2) is 13.6. The van der Waals surface area contributed by atoms with Crippen LogP contribution in [0.15, 0.2) is 58.2 Å². The van der Waals surface area contributed by atoms with Crippen molar-refractivity contribution >= 4 is 29.9 Å². The number of aliphatic imine (C=N–C) groups is 1. The van der Waals surface area contributed by atoms with Crippen LogP contribution in [0.25, 0.3) is 11.6 Å². The van der Waals surface area contributed by atoms with Gasteiger partial charge in [-0.2, -0.15) is 4.98 Å². The first-order chi connectivity index (χ1) is 15.2. The Morgan fingerprint density at radius 2 is 1.97 bits per heavy atom. The quantitative estimate of drug-likeness (QED) is 0.223. The predicted octanol–water partition coefficient (Wildman–Crippen LogP) is 3.84. The average Bonchev–Trinajstić information content (AvgIpc) is 3.27. The number of nitrogens with one attached hydrogen (secondary N) is 2. The first kappa shape index (κ1) is 25.5. The Morgan fingerprint density at radius 1 is 1.16 bits per heavy atom. The summed E-state index contributed by atoms with van der Waals surface area (Å²) in [6.07, 6.45) is 2.71. The average molecular weight is 554 g/mol. The molecule has 32 heavy (non-hydrogen) atoms. The third-order valence-electron chi connectivity index (χ3n) is 4.38. The molecule has 3 aromatic rings. The first-order valence-electron chi connectivity index (χ1n) is 10.4. The van der Waals surface area contributed by atoms with Gasteiger partial charge in [0.05, 0.1) is 6.54 Å². The molecule has 0 bridgehead atoms. The Labute approximate surface area is 204 Å². The SMILES string of the molecule is CCNC(=NCC(CC)Oc1ccccc1F)NCCc1noc(-c2ccccn2)n1.I. The van der Waals surface area contributed by atoms with Gasteiger partial charge in [-0.25, -0.2) is 9.38 Å². The van der Waals surface area contributed by atoms with E-state index >= 15 is 0 Å². The summed E-state index contributed by atoms with van der Waals surface area (Å²) in [5.41, 5.74) is 0.643. The zero-order chi connectivity index (χ0) is 21.9. The van der Waals surface area contributed by atoms with E-state index < -0.39 is 0 Å². The Hall–Kier alpha value is -2.76. The van der Waals surface area contributed by atoms with Crippen LogP contribution in [0.5, 0.6) is 5.75 Å². The predicted molar refractivity (Wildman–Crippen MR) is 132 cm³/mol. The van der Waals surface area contributed by atoms with E-state index in [2.05, 4.69) is 30.8 Å². The lowest BCUT2D eigenvalue weighted by atomic mass is 10.2. The molecule has 8 nitrogen and oxygen atoms in total. The van der Waals surface area contributed by atoms with Crippen LogP contribution in [0.2, 0.25) is 0 Å². The highest BCUT2D eigenvalue weighted by Crippen LogP contribution is 2.18. The van der Waals surface area contributed by atoms with E-state index in [1.54, 1.807) is 24.4 Å². The standard InChI is InChI=1S/C22H27FN6O2.HI/c1-3-16(30-19-11-6-5-9-17(19)23)15-27-22(24-4-2)26-14-12-20-28-21(31-29-20)18-10-7-8-13-25-18;/h5-11,13,16H,3-4,12,14-15H2,1-2H3,(H2,24,26,27);1H. The molecule has 0 saturated carbocycles. The lowest BCUT2D eigenvalue weighted by Crippen LogP contribution is -2.39. The number of nitrogens with zero attached hydrogens (tertiary/aromatic N) is 4. The van der Waals surface area contributed by atoms with Crippen LogP contribution in [-0.4, -0.2) is 46.8 Å². The van der Waals surface area contributed by atoms with Gasteiger partial charge in [-0.05, 0) is 37.6 Å². The summed E-state index contributed by atoms with van der Waals surface area (Å²) in [4.78, 5) is 13.1. The molecule has 0 fully saturated rings. The fourth-order valence-electron chi connectivity index (χ4n) is 2.75. The molecule has 172 valence electrons. The molecule has 0 spiro atoms. The minimum absolute atomic E-state index is 0. The maximum atomic E-state index is 13.8. The number of halogens is 2. The van der Waals surface area contributed by atoms with Gasteiger partial charge in [0.25, 0.3) is 5.89 Å². The topological polar surface area (TPSA) is 97.5 Å². The van der Waals surface area contributed by atoms with E-state index in [9.17, 15) is 4.39 Å². The van der Waals surface area contributed by atoms with Crippen molar-refractivity contribution in [1.29, 1.82) is 0 Å². The highest BCUT2D eigenvalue weighted by molar-refractivity contribution is 14.0. The van der Waals surface area contributed by atoms with Gasteiger partial charge >= 0.3 is 0 Å². The highest BCUT2D eigenvalue weighted by atomic mass is 127. The van der Waals surface area contributed by atoms with E-state index in [0.29, 0.717) is 55.8 Å². The van der Waals surface area contributed by atoms with Crippen molar-refractivity contribution in [3.05, 3.63) is 60.3 Å². The summed E-state index contributed by atoms with van der Waals surface area (Å²) in [6.45, 7) is 5.65. The maximum Gasteiger partial charge on any atom is 0.276 e. The fraction of sp³-hybridized carbons (Fsp3) is 0.364. The Morgan fingerprint density at radius 3 is 2.69 bits per heavy atom. The second-order valence-electron chi connectivity index (χ2n) is 6.71. The van der Waals surface area contributed by atoms with Crippen molar-refractivity contribution < 1.29 is 13.7 Å². The van der Waals surface area contributed by atoms with Gasteiger partial charge in [0.2, 0.25) is 0 Å². The smallest absolute Gasteiger partial charge is 0.276 e. The van der Waals surface area contributed by atoms with Gasteiger partial charge in [0.15, 0.2) is 23.4 Å². The number of guanidine groups is 1. The number of pyridine rings is 1. The van der Waals surface area contributed by atoms with Gasteiger partial charge in [0.1, 0.15) is 11.8 Å². The minimum Gasteiger partial charge on any atom is -0.485 e. The van der Waals surface area contributed by atoms with Gasteiger partial charge in [0, 0.05) is 25.7 Å². The normalized spacial score (nSPS) is 12.0. The Kier molecular flexibility index (Phi) is 10.8. The van der Waals surface area contributed by atoms with Crippen LogP contribution in [0, 0.1) is 5.82 Å². The van der Waals surface area contributed by atoms with Gasteiger partial charge in [-0.15, -0.1) is 24.0 Å². The molecular formula is C22H28FIN6O2. The lowest BCUT2D eigenvalue weighted by Gasteiger charge is -2.17. The third kappa shape index (κ3) is 7.74. The zero-order valence-electron chi connectivity index (χ0n) is 18.1. The summed E-state index contributed by atoms with van der Waals surface area (Å²) in [7, 11) is 0. The van der Waals surface area contributed by atoms with Gasteiger partial charge in [-0.1, -0.05) is 30.3 Å². The molecular weight excluding hydrogens is 526 g/mol. The van der Waals surface area contributed by atoms with Gasteiger partial charge < -0.3 is 19.9 Å². The molecule has 3 rings (SSSR count). The molecule has 1 unspecified atom stereocenters. The van der Waals surface area contributed by atoms with Crippen LogP contribution < -0.4 is 15.4 Å². The van der Waals surface area contributed by atoms with Crippen LogP contribution >= 0.6 is 24.0 Å². The Bertz CT molecular complexity index is 970. The Balaban J connectivity index is 0.00000363. The monoisotopic (exact) mass is 554 g/mol. The van der Waals surface area contributed by atoms with Crippen molar-refractivity contribution in [2.24, 2.45) is 4.99 Å². The fourth-order valence-corrected chi connectivity index (χ4v) is 2.75. The number of rotatable bonds is 10. The van der Waals surface area contributed by atoms with E-state index in [1.807, 2.05) is 32.0 Å². The molecule has 2 aromatic heterocycles. The summed E-state index contributed by atoms with van der Waals surface area (Å²) >= 11 is 0. The third-order valence-corrected chi connectivity index (χ3v) is 4.38. The summed E-state index contributed by atoms with van der Waals surface area (Å²) in [6, 6.07) is 11.9. The first-order valence-corrected chi connectivity index (χ1v) is 10.4. The molecule has 2 N–H and O–H groups in total. The van der Waals surface area contributed by atoms with Crippen LogP contribution in [0.1, 0.15) is 26.1 Å². The van der Waals surface area contributed by atoms with Crippen molar-refractivity contribution in [2.75, 3.05) is 19.6 Å². The number of aromatic nitrogens is 3. The minimum atomic E-state index is -0.375. The molecule has 0 amide bonds. The summed E-state index contributed by atoms with van der Waals surface area (Å²) in [5, 5.41) is 10.4. The second-order valence-corrected chi connectivity index (χ2v) is 6.71. The van der Waals surface area contributed by atoms with E-state index in [0.717, 1.165) is 0 Å². The molecule has 0 radical (unpaired) electrons. The number of ether oxygens (including phenoxy) is 1. The van der Waals surface area contributed by atoms with Crippen molar-refractivity contribution in [2.45, 2.75) is 32.8 Å². The van der Waals surface area contributed by atoms with E-state index in [4.69, 9.17) is 9.26 Å². The number of para-hydroxylation sites is 1. The number of benzene rings is 1. The van der Waals surface area contributed by atoms with Crippen molar-refractivity contribution in [3.63, 3.8) is 0 Å². The maximum absolute atomic E-state index is 13.8. The molecule has 0 saturated heterocycles. The molecule has 10 heteroatoms. The molecule has 2 heterocycles. The van der Waals surface area contributed by atoms with Gasteiger partial charge in [-0.3, -0.25) is 4.98 Å². The summed E-state index contributed by atoms with van der Waals surface area (Å²) < 4.78 is 24.9. The number of hydrogen-bond donors (Lipinski definition) is 2. The van der Waals surface area contributed by atoms with Crippen LogP contribution in [-0.2, 0) is 6.42 Å². The molecule has 0 aliphatic rings. The highest BCUT2D eigenvalue weighted by Gasteiger charge is 2.12. The van der Waals surface area contributed by atoms with Crippen molar-refractivity contribution in [1.82, 2.24) is 25.8 Å².